The van der Waals surface area contributed by atoms with Crippen molar-refractivity contribution in [3.8, 4) is 11.3 Å². The van der Waals surface area contributed by atoms with Crippen LogP contribution in [0.15, 0.2) is 47.8 Å². The van der Waals surface area contributed by atoms with Crippen LogP contribution in [0, 0.1) is 0 Å². The lowest BCUT2D eigenvalue weighted by atomic mass is 10.2. The van der Waals surface area contributed by atoms with Crippen LogP contribution in [0.25, 0.3) is 11.3 Å². The first-order chi connectivity index (χ1) is 13.2. The van der Waals surface area contributed by atoms with Crippen molar-refractivity contribution in [2.45, 2.75) is 6.54 Å². The number of aromatic nitrogens is 1. The number of hydrogen-bond donors (Lipinski definition) is 1. The van der Waals surface area contributed by atoms with Gasteiger partial charge in [-0.05, 0) is 12.1 Å². The van der Waals surface area contributed by atoms with Gasteiger partial charge in [0.15, 0.2) is 5.13 Å². The topological polar surface area (TPSA) is 48.5 Å². The number of piperazine rings is 1. The third-order valence-electron chi connectivity index (χ3n) is 4.46. The lowest BCUT2D eigenvalue weighted by molar-refractivity contribution is 0.143. The lowest BCUT2D eigenvalue weighted by Crippen LogP contribution is -2.49. The lowest BCUT2D eigenvalue weighted by Gasteiger charge is -2.34. The van der Waals surface area contributed by atoms with E-state index in [1.54, 1.807) is 11.3 Å². The van der Waals surface area contributed by atoms with E-state index in [1.807, 2.05) is 46.7 Å². The van der Waals surface area contributed by atoms with Gasteiger partial charge in [-0.25, -0.2) is 9.78 Å². The fraction of sp³-hybridized carbons (Fsp3) is 0.263. The van der Waals surface area contributed by atoms with Gasteiger partial charge < -0.3 is 4.90 Å². The molecule has 2 amide bonds. The summed E-state index contributed by atoms with van der Waals surface area (Å²) in [5.41, 5.74) is 1.94. The molecule has 1 N–H and O–H groups in total. The second-order valence-corrected chi connectivity index (χ2v) is 8.96. The number of carbonyl (C=O) groups is 1. The Bertz CT molecular complexity index is 903. The minimum absolute atomic E-state index is 0.0808. The highest BCUT2D eigenvalue weighted by Gasteiger charge is 2.22. The van der Waals surface area contributed by atoms with E-state index in [1.165, 1.54) is 16.2 Å². The molecule has 8 heteroatoms. The smallest absolute Gasteiger partial charge is 0.322 e. The Hall–Kier alpha value is -1.93. The fourth-order valence-corrected chi connectivity index (χ4v) is 4.85. The number of thiazole rings is 1. The van der Waals surface area contributed by atoms with Crippen molar-refractivity contribution in [1.29, 1.82) is 0 Å². The minimum Gasteiger partial charge on any atom is -0.322 e. The van der Waals surface area contributed by atoms with Gasteiger partial charge in [-0.2, -0.15) is 0 Å². The van der Waals surface area contributed by atoms with Crippen molar-refractivity contribution in [1.82, 2.24) is 14.8 Å². The molecule has 1 saturated heterocycles. The zero-order chi connectivity index (χ0) is 18.6. The van der Waals surface area contributed by atoms with Gasteiger partial charge in [0.1, 0.15) is 0 Å². The number of nitrogens with zero attached hydrogens (tertiary/aromatic N) is 3. The molecule has 0 bridgehead atoms. The van der Waals surface area contributed by atoms with Crippen LogP contribution in [0.4, 0.5) is 9.93 Å². The van der Waals surface area contributed by atoms with E-state index in [2.05, 4.69) is 21.3 Å². The molecule has 0 atom stereocenters. The first-order valence-electron chi connectivity index (χ1n) is 8.71. The van der Waals surface area contributed by atoms with Crippen LogP contribution in [-0.4, -0.2) is 47.0 Å². The Morgan fingerprint density at radius 1 is 1.11 bits per heavy atom. The van der Waals surface area contributed by atoms with Crippen LogP contribution in [0.5, 0.6) is 0 Å². The van der Waals surface area contributed by atoms with Gasteiger partial charge >= 0.3 is 6.03 Å². The minimum atomic E-state index is -0.0808. The molecule has 1 aromatic carbocycles. The van der Waals surface area contributed by atoms with Crippen LogP contribution in [-0.2, 0) is 6.54 Å². The van der Waals surface area contributed by atoms with Crippen molar-refractivity contribution in [3.05, 3.63) is 57.1 Å². The van der Waals surface area contributed by atoms with Crippen LogP contribution < -0.4 is 5.32 Å². The van der Waals surface area contributed by atoms with E-state index in [4.69, 9.17) is 11.6 Å². The van der Waals surface area contributed by atoms with E-state index < -0.39 is 0 Å². The first-order valence-corrected chi connectivity index (χ1v) is 10.8. The monoisotopic (exact) mass is 418 g/mol. The molecule has 2 aromatic heterocycles. The molecule has 1 aliphatic heterocycles. The van der Waals surface area contributed by atoms with Crippen LogP contribution in [0.1, 0.15) is 4.88 Å². The van der Waals surface area contributed by atoms with Crippen LogP contribution in [0.2, 0.25) is 4.34 Å². The van der Waals surface area contributed by atoms with Gasteiger partial charge in [-0.1, -0.05) is 41.9 Å². The Labute approximate surface area is 171 Å². The van der Waals surface area contributed by atoms with Crippen molar-refractivity contribution in [3.63, 3.8) is 0 Å². The average Bonchev–Trinajstić information content (AvgIpc) is 3.32. The van der Waals surface area contributed by atoms with Gasteiger partial charge in [-0.3, -0.25) is 10.2 Å². The number of nitrogens with one attached hydrogen (secondary N) is 1. The molecular formula is C19H19ClN4OS2. The van der Waals surface area contributed by atoms with E-state index in [0.29, 0.717) is 18.2 Å². The zero-order valence-electron chi connectivity index (χ0n) is 14.6. The number of benzene rings is 1. The average molecular weight is 419 g/mol. The molecule has 0 spiro atoms. The molecule has 0 radical (unpaired) electrons. The standard InChI is InChI=1S/C19H19ClN4OS2/c20-17-7-6-15(27-17)12-23-8-10-24(11-9-23)19(25)22-18-21-16(13-26-18)14-4-2-1-3-5-14/h1-7,13H,8-12H2,(H,21,22,25). The van der Waals surface area contributed by atoms with Crippen LogP contribution >= 0.6 is 34.3 Å². The molecule has 5 nitrogen and oxygen atoms in total. The van der Waals surface area contributed by atoms with Gasteiger partial charge in [0, 0.05) is 48.5 Å². The SMILES string of the molecule is O=C(Nc1nc(-c2ccccc2)cs1)N1CCN(Cc2ccc(Cl)s2)CC1. The van der Waals surface area contributed by atoms with E-state index in [-0.39, 0.29) is 6.03 Å². The molecule has 27 heavy (non-hydrogen) atoms. The summed E-state index contributed by atoms with van der Waals surface area (Å²) < 4.78 is 0.821. The molecule has 3 heterocycles. The summed E-state index contributed by atoms with van der Waals surface area (Å²) in [6.07, 6.45) is 0. The predicted octanol–water partition coefficient (Wildman–Crippen LogP) is 4.87. The Balaban J connectivity index is 1.29. The second kappa shape index (κ2) is 8.39. The van der Waals surface area contributed by atoms with Gasteiger partial charge in [0.05, 0.1) is 10.0 Å². The highest BCUT2D eigenvalue weighted by Crippen LogP contribution is 2.25. The number of urea groups is 1. The summed E-state index contributed by atoms with van der Waals surface area (Å²) in [5.74, 6) is 0. The molecule has 4 rings (SSSR count). The molecule has 1 fully saturated rings. The third-order valence-corrected chi connectivity index (χ3v) is 6.43. The summed E-state index contributed by atoms with van der Waals surface area (Å²) in [5, 5.41) is 5.53. The number of anilines is 1. The van der Waals surface area contributed by atoms with Gasteiger partial charge in [0.25, 0.3) is 0 Å². The van der Waals surface area contributed by atoms with E-state index in [0.717, 1.165) is 35.2 Å². The Morgan fingerprint density at radius 2 is 1.89 bits per heavy atom. The molecule has 0 aliphatic carbocycles. The Morgan fingerprint density at radius 3 is 2.59 bits per heavy atom. The molecular weight excluding hydrogens is 400 g/mol. The maximum atomic E-state index is 12.5. The van der Waals surface area contributed by atoms with Gasteiger partial charge in [-0.15, -0.1) is 22.7 Å². The molecule has 0 unspecified atom stereocenters. The molecule has 3 aromatic rings. The quantitative estimate of drug-likeness (QED) is 0.657. The van der Waals surface area contributed by atoms with Gasteiger partial charge in [0.2, 0.25) is 0 Å². The predicted molar refractivity (Wildman–Crippen MR) is 113 cm³/mol. The summed E-state index contributed by atoms with van der Waals surface area (Å²) in [4.78, 5) is 22.5. The third kappa shape index (κ3) is 4.68. The fourth-order valence-electron chi connectivity index (χ4n) is 3.01. The summed E-state index contributed by atoms with van der Waals surface area (Å²) in [7, 11) is 0. The van der Waals surface area contributed by atoms with Crippen molar-refractivity contribution >= 4 is 45.4 Å². The summed E-state index contributed by atoms with van der Waals surface area (Å²) in [6.45, 7) is 4.02. The number of amides is 2. The summed E-state index contributed by atoms with van der Waals surface area (Å²) in [6, 6.07) is 13.9. The zero-order valence-corrected chi connectivity index (χ0v) is 17.0. The van der Waals surface area contributed by atoms with E-state index in [9.17, 15) is 4.79 Å². The highest BCUT2D eigenvalue weighted by molar-refractivity contribution is 7.16. The van der Waals surface area contributed by atoms with Crippen molar-refractivity contribution in [2.75, 3.05) is 31.5 Å². The number of halogens is 1. The summed E-state index contributed by atoms with van der Waals surface area (Å²) >= 11 is 9.06. The van der Waals surface area contributed by atoms with Crippen molar-refractivity contribution in [2.24, 2.45) is 0 Å². The normalized spacial score (nSPS) is 15.1. The highest BCUT2D eigenvalue weighted by atomic mass is 35.5. The second-order valence-electron chi connectivity index (χ2n) is 6.30. The number of rotatable bonds is 4. The number of carbonyl (C=O) groups excluding carboxylic acids is 1. The van der Waals surface area contributed by atoms with Crippen molar-refractivity contribution < 1.29 is 4.79 Å². The molecule has 1 aliphatic rings. The number of hydrogen-bond acceptors (Lipinski definition) is 5. The molecule has 0 saturated carbocycles. The maximum absolute atomic E-state index is 12.5. The van der Waals surface area contributed by atoms with E-state index >= 15 is 0 Å². The Kier molecular flexibility index (Phi) is 5.73. The van der Waals surface area contributed by atoms with Crippen LogP contribution in [0.3, 0.4) is 0 Å². The number of thiophene rings is 1. The maximum Gasteiger partial charge on any atom is 0.323 e. The molecule has 140 valence electrons. The first kappa shape index (κ1) is 18.4. The largest absolute Gasteiger partial charge is 0.323 e.